The highest BCUT2D eigenvalue weighted by molar-refractivity contribution is 5.93. The first-order valence-corrected chi connectivity index (χ1v) is 8.18. The summed E-state index contributed by atoms with van der Waals surface area (Å²) in [4.78, 5) is 28.5. The van der Waals surface area contributed by atoms with Crippen LogP contribution in [-0.2, 0) is 9.53 Å². The zero-order valence-corrected chi connectivity index (χ0v) is 13.6. The van der Waals surface area contributed by atoms with Gasteiger partial charge in [-0.2, -0.15) is 5.10 Å². The largest absolute Gasteiger partial charge is 0.383 e. The topological polar surface area (TPSA) is 78.5 Å². The summed E-state index contributed by atoms with van der Waals surface area (Å²) < 4.78 is 5.11. The summed E-state index contributed by atoms with van der Waals surface area (Å²) in [5.41, 5.74) is 0.629. The van der Waals surface area contributed by atoms with Crippen LogP contribution in [0.1, 0.15) is 36.0 Å². The molecule has 0 saturated carbocycles. The number of nitrogens with one attached hydrogen (secondary N) is 1. The average Bonchev–Trinajstić information content (AvgIpc) is 3.10. The Morgan fingerprint density at radius 2 is 2.30 bits per heavy atom. The molecule has 1 spiro atoms. The molecule has 0 aromatic carbocycles. The number of ether oxygens (including phenoxy) is 1. The Kier molecular flexibility index (Phi) is 4.66. The van der Waals surface area contributed by atoms with Crippen LogP contribution < -0.4 is 0 Å². The number of carbonyl (C=O) groups is 2. The van der Waals surface area contributed by atoms with Gasteiger partial charge in [-0.3, -0.25) is 14.7 Å². The molecule has 0 radical (unpaired) electrons. The molecular weight excluding hydrogens is 296 g/mol. The molecule has 2 aliphatic heterocycles. The summed E-state index contributed by atoms with van der Waals surface area (Å²) in [7, 11) is 1.65. The number of methoxy groups -OCH3 is 1. The van der Waals surface area contributed by atoms with Crippen LogP contribution in [0.25, 0.3) is 0 Å². The Labute approximate surface area is 136 Å². The molecule has 1 aromatic heterocycles. The van der Waals surface area contributed by atoms with Crippen LogP contribution in [0.15, 0.2) is 12.4 Å². The van der Waals surface area contributed by atoms with Crippen LogP contribution in [0.4, 0.5) is 0 Å². The average molecular weight is 320 g/mol. The zero-order valence-electron chi connectivity index (χ0n) is 13.6. The van der Waals surface area contributed by atoms with E-state index in [1.165, 1.54) is 0 Å². The van der Waals surface area contributed by atoms with E-state index in [9.17, 15) is 9.59 Å². The van der Waals surface area contributed by atoms with Crippen LogP contribution in [0.2, 0.25) is 0 Å². The van der Waals surface area contributed by atoms with Crippen molar-refractivity contribution in [2.24, 2.45) is 5.41 Å². The molecule has 0 unspecified atom stereocenters. The molecular formula is C16H24N4O3. The van der Waals surface area contributed by atoms with Crippen LogP contribution >= 0.6 is 0 Å². The molecule has 1 N–H and O–H groups in total. The van der Waals surface area contributed by atoms with Crippen molar-refractivity contribution in [1.82, 2.24) is 20.0 Å². The van der Waals surface area contributed by atoms with E-state index in [0.29, 0.717) is 31.7 Å². The normalized spacial score (nSPS) is 25.2. The molecule has 0 bridgehead atoms. The third-order valence-electron chi connectivity index (χ3n) is 5.01. The van der Waals surface area contributed by atoms with E-state index in [-0.39, 0.29) is 17.2 Å². The maximum atomic E-state index is 12.6. The highest BCUT2D eigenvalue weighted by Crippen LogP contribution is 2.39. The first-order chi connectivity index (χ1) is 11.1. The van der Waals surface area contributed by atoms with Gasteiger partial charge in [0, 0.05) is 51.3 Å². The predicted molar refractivity (Wildman–Crippen MR) is 83.8 cm³/mol. The Bertz CT molecular complexity index is 560. The SMILES string of the molecule is COCCN1C[C@@]2(CCCN(C(=O)c3cn[nH]c3)C2)CCC1=O. The van der Waals surface area contributed by atoms with Crippen molar-refractivity contribution in [2.75, 3.05) is 39.9 Å². The van der Waals surface area contributed by atoms with Crippen LogP contribution in [-0.4, -0.2) is 71.7 Å². The molecule has 3 heterocycles. The molecule has 2 saturated heterocycles. The van der Waals surface area contributed by atoms with Crippen LogP contribution in [0, 0.1) is 5.41 Å². The summed E-state index contributed by atoms with van der Waals surface area (Å²) >= 11 is 0. The number of aromatic nitrogens is 2. The third-order valence-corrected chi connectivity index (χ3v) is 5.01. The third kappa shape index (κ3) is 3.39. The van der Waals surface area contributed by atoms with E-state index in [2.05, 4.69) is 10.2 Å². The second-order valence-corrected chi connectivity index (χ2v) is 6.63. The van der Waals surface area contributed by atoms with Crippen molar-refractivity contribution in [3.63, 3.8) is 0 Å². The van der Waals surface area contributed by atoms with E-state index < -0.39 is 0 Å². The Morgan fingerprint density at radius 1 is 1.43 bits per heavy atom. The monoisotopic (exact) mass is 320 g/mol. The molecule has 23 heavy (non-hydrogen) atoms. The molecule has 2 aliphatic rings. The summed E-state index contributed by atoms with van der Waals surface area (Å²) in [6.45, 7) is 3.40. The number of hydrogen-bond donors (Lipinski definition) is 1. The minimum atomic E-state index is 0.0261. The molecule has 126 valence electrons. The molecule has 2 amide bonds. The molecule has 7 heteroatoms. The fourth-order valence-corrected chi connectivity index (χ4v) is 3.77. The lowest BCUT2D eigenvalue weighted by Crippen LogP contribution is -2.55. The highest BCUT2D eigenvalue weighted by Gasteiger charge is 2.42. The van der Waals surface area contributed by atoms with Gasteiger partial charge in [-0.05, 0) is 19.3 Å². The number of hydrogen-bond acceptors (Lipinski definition) is 4. The molecule has 0 aliphatic carbocycles. The number of nitrogens with zero attached hydrogens (tertiary/aromatic N) is 3. The maximum absolute atomic E-state index is 12.6. The predicted octanol–water partition coefficient (Wildman–Crippen LogP) is 0.901. The molecule has 1 atom stereocenters. The van der Waals surface area contributed by atoms with Gasteiger partial charge in [-0.25, -0.2) is 0 Å². The zero-order chi connectivity index (χ0) is 16.3. The summed E-state index contributed by atoms with van der Waals surface area (Å²) in [6, 6.07) is 0. The van der Waals surface area contributed by atoms with Gasteiger partial charge in [0.1, 0.15) is 0 Å². The first kappa shape index (κ1) is 16.0. The lowest BCUT2D eigenvalue weighted by molar-refractivity contribution is -0.139. The number of amides is 2. The first-order valence-electron chi connectivity index (χ1n) is 8.18. The van der Waals surface area contributed by atoms with Gasteiger partial charge in [0.15, 0.2) is 0 Å². The molecule has 2 fully saturated rings. The standard InChI is InChI=1S/C16H24N4O3/c1-23-8-7-19-11-16(5-3-14(19)21)4-2-6-20(12-16)15(22)13-9-17-18-10-13/h9-10H,2-8,11-12H2,1H3,(H,17,18)/t16-/m1/s1. The smallest absolute Gasteiger partial charge is 0.257 e. The van der Waals surface area contributed by atoms with Crippen molar-refractivity contribution < 1.29 is 14.3 Å². The minimum absolute atomic E-state index is 0.0261. The Morgan fingerprint density at radius 3 is 3.04 bits per heavy atom. The van der Waals surface area contributed by atoms with Gasteiger partial charge in [0.05, 0.1) is 18.4 Å². The van der Waals surface area contributed by atoms with E-state index in [1.54, 1.807) is 19.5 Å². The number of piperidine rings is 2. The quantitative estimate of drug-likeness (QED) is 0.894. The second kappa shape index (κ2) is 6.70. The minimum Gasteiger partial charge on any atom is -0.383 e. The van der Waals surface area contributed by atoms with Gasteiger partial charge in [0.25, 0.3) is 5.91 Å². The van der Waals surface area contributed by atoms with Gasteiger partial charge in [-0.15, -0.1) is 0 Å². The molecule has 1 aromatic rings. The number of aromatic amines is 1. The fraction of sp³-hybridized carbons (Fsp3) is 0.688. The highest BCUT2D eigenvalue weighted by atomic mass is 16.5. The number of H-pyrrole nitrogens is 1. The fourth-order valence-electron chi connectivity index (χ4n) is 3.77. The lowest BCUT2D eigenvalue weighted by atomic mass is 9.73. The maximum Gasteiger partial charge on any atom is 0.257 e. The summed E-state index contributed by atoms with van der Waals surface area (Å²) in [5, 5.41) is 6.55. The van der Waals surface area contributed by atoms with Gasteiger partial charge >= 0.3 is 0 Å². The van der Waals surface area contributed by atoms with Crippen molar-refractivity contribution in [1.29, 1.82) is 0 Å². The van der Waals surface area contributed by atoms with Crippen molar-refractivity contribution in [3.8, 4) is 0 Å². The molecule has 7 nitrogen and oxygen atoms in total. The van der Waals surface area contributed by atoms with E-state index in [1.807, 2.05) is 9.80 Å². The van der Waals surface area contributed by atoms with E-state index in [4.69, 9.17) is 4.74 Å². The Hall–Kier alpha value is -1.89. The van der Waals surface area contributed by atoms with Crippen LogP contribution in [0.5, 0.6) is 0 Å². The van der Waals surface area contributed by atoms with Gasteiger partial charge < -0.3 is 14.5 Å². The second-order valence-electron chi connectivity index (χ2n) is 6.63. The summed E-state index contributed by atoms with van der Waals surface area (Å²) in [5.74, 6) is 0.226. The Balaban J connectivity index is 1.69. The summed E-state index contributed by atoms with van der Waals surface area (Å²) in [6.07, 6.45) is 6.69. The van der Waals surface area contributed by atoms with Crippen LogP contribution in [0.3, 0.4) is 0 Å². The van der Waals surface area contributed by atoms with Crippen molar-refractivity contribution in [3.05, 3.63) is 18.0 Å². The van der Waals surface area contributed by atoms with E-state index in [0.717, 1.165) is 32.4 Å². The lowest BCUT2D eigenvalue weighted by Gasteiger charge is -2.48. The molecule has 3 rings (SSSR count). The van der Waals surface area contributed by atoms with Gasteiger partial charge in [0.2, 0.25) is 5.91 Å². The van der Waals surface area contributed by atoms with Crippen molar-refractivity contribution in [2.45, 2.75) is 25.7 Å². The van der Waals surface area contributed by atoms with Gasteiger partial charge in [-0.1, -0.05) is 0 Å². The number of carbonyl (C=O) groups excluding carboxylic acids is 2. The number of rotatable bonds is 4. The van der Waals surface area contributed by atoms with E-state index >= 15 is 0 Å². The van der Waals surface area contributed by atoms with Crippen molar-refractivity contribution >= 4 is 11.8 Å². The number of likely N-dealkylation sites (tertiary alicyclic amines) is 2.